The lowest BCUT2D eigenvalue weighted by molar-refractivity contribution is 0.165. The van der Waals surface area contributed by atoms with Crippen LogP contribution in [0.3, 0.4) is 0 Å². The highest BCUT2D eigenvalue weighted by Gasteiger charge is 2.14. The van der Waals surface area contributed by atoms with E-state index in [0.717, 1.165) is 46.3 Å². The first-order valence-corrected chi connectivity index (χ1v) is 13.5. The van der Waals surface area contributed by atoms with Crippen molar-refractivity contribution in [1.82, 2.24) is 4.90 Å². The van der Waals surface area contributed by atoms with Crippen molar-refractivity contribution in [3.63, 3.8) is 0 Å². The Labute approximate surface area is 228 Å². The Hall–Kier alpha value is -1.76. The summed E-state index contributed by atoms with van der Waals surface area (Å²) >= 11 is 7.76. The molecular formula is C30H44ClNO3S. The summed E-state index contributed by atoms with van der Waals surface area (Å²) in [5, 5.41) is 0.793. The molecule has 0 radical (unpaired) electrons. The minimum atomic E-state index is 0.580. The fraction of sp³-hybridized carbons (Fsp3) is 0.467. The lowest BCUT2D eigenvalue weighted by Gasteiger charge is -2.26. The zero-order valence-electron chi connectivity index (χ0n) is 23.1. The normalized spacial score (nSPS) is 20.2. The van der Waals surface area contributed by atoms with Crippen molar-refractivity contribution in [1.29, 1.82) is 0 Å². The van der Waals surface area contributed by atoms with Crippen molar-refractivity contribution in [2.75, 3.05) is 65.2 Å². The summed E-state index contributed by atoms with van der Waals surface area (Å²) in [4.78, 5) is 2.10. The molecule has 4 heterocycles. The number of likely N-dealkylation sites (N-methyl/N-ethyl adjacent to an activating group) is 1. The van der Waals surface area contributed by atoms with Crippen LogP contribution < -0.4 is 0 Å². The number of ether oxygens (including phenoxy) is 3. The number of thioether (sulfide) groups is 1. The summed E-state index contributed by atoms with van der Waals surface area (Å²) in [6.07, 6.45) is 4.25. The molecule has 0 amide bonds. The Kier molecular flexibility index (Phi) is 15.1. The van der Waals surface area contributed by atoms with E-state index < -0.39 is 0 Å². The Morgan fingerprint density at radius 1 is 0.694 bits per heavy atom. The van der Waals surface area contributed by atoms with Gasteiger partial charge in [0.15, 0.2) is 0 Å². The predicted molar refractivity (Wildman–Crippen MR) is 159 cm³/mol. The molecule has 6 heteroatoms. The molecule has 0 N–H and O–H groups in total. The average molecular weight is 534 g/mol. The molecule has 0 fully saturated rings. The standard InChI is InChI=1S/C9H15NO.C7H9ClO.C7H10O.C7H10S/c1-7-5-11-6-8(2)9(7)10(3)4;1-5-3-9-4-6(2)7(5)8;2*1-6-3-7(2)5-8-4-6/h1,5-6H2,2-4H3;1,3-4H2,2H3;2*3H,1,4-5H2,2H3. The van der Waals surface area contributed by atoms with Gasteiger partial charge in [-0.3, -0.25) is 0 Å². The van der Waals surface area contributed by atoms with E-state index in [1.807, 2.05) is 39.7 Å². The van der Waals surface area contributed by atoms with E-state index in [1.165, 1.54) is 33.7 Å². The molecule has 0 aromatic carbocycles. The topological polar surface area (TPSA) is 30.9 Å². The maximum atomic E-state index is 5.82. The highest BCUT2D eigenvalue weighted by atomic mass is 35.5. The second-order valence-electron chi connectivity index (χ2n) is 9.59. The van der Waals surface area contributed by atoms with Crippen LogP contribution in [-0.2, 0) is 14.2 Å². The molecule has 4 aliphatic heterocycles. The van der Waals surface area contributed by atoms with Crippen LogP contribution in [0.1, 0.15) is 27.7 Å². The number of allylic oxidation sites excluding steroid dienone is 1. The third-order valence-corrected chi connectivity index (χ3v) is 7.02. The maximum Gasteiger partial charge on any atom is 0.0735 e. The van der Waals surface area contributed by atoms with Crippen LogP contribution in [-0.4, -0.2) is 70.1 Å². The smallest absolute Gasteiger partial charge is 0.0735 e. The largest absolute Gasteiger partial charge is 0.377 e. The quantitative estimate of drug-likeness (QED) is 0.354. The molecule has 200 valence electrons. The minimum Gasteiger partial charge on any atom is -0.377 e. The second kappa shape index (κ2) is 16.9. The van der Waals surface area contributed by atoms with E-state index in [0.29, 0.717) is 26.4 Å². The van der Waals surface area contributed by atoms with Gasteiger partial charge in [0.1, 0.15) is 0 Å². The number of rotatable bonds is 1. The molecule has 4 aliphatic rings. The molecule has 4 rings (SSSR count). The first-order valence-electron chi connectivity index (χ1n) is 12.0. The van der Waals surface area contributed by atoms with Crippen molar-refractivity contribution < 1.29 is 14.2 Å². The van der Waals surface area contributed by atoms with Gasteiger partial charge in [-0.1, -0.05) is 55.6 Å². The van der Waals surface area contributed by atoms with Gasteiger partial charge < -0.3 is 19.1 Å². The van der Waals surface area contributed by atoms with Crippen molar-refractivity contribution in [2.24, 2.45) is 0 Å². The average Bonchev–Trinajstić information content (AvgIpc) is 2.78. The van der Waals surface area contributed by atoms with E-state index in [4.69, 9.17) is 25.8 Å². The number of hydrogen-bond acceptors (Lipinski definition) is 5. The Morgan fingerprint density at radius 3 is 1.61 bits per heavy atom. The number of nitrogens with zero attached hydrogens (tertiary/aromatic N) is 1. The van der Waals surface area contributed by atoms with Crippen molar-refractivity contribution in [3.05, 3.63) is 93.8 Å². The van der Waals surface area contributed by atoms with Gasteiger partial charge in [-0.15, -0.1) is 0 Å². The van der Waals surface area contributed by atoms with Gasteiger partial charge >= 0.3 is 0 Å². The molecule has 0 aromatic heterocycles. The molecular weight excluding hydrogens is 490 g/mol. The molecule has 4 nitrogen and oxygen atoms in total. The van der Waals surface area contributed by atoms with Crippen LogP contribution in [0, 0.1) is 0 Å². The lowest BCUT2D eigenvalue weighted by atomic mass is 10.1. The minimum absolute atomic E-state index is 0.580. The van der Waals surface area contributed by atoms with E-state index >= 15 is 0 Å². The zero-order valence-corrected chi connectivity index (χ0v) is 24.7. The van der Waals surface area contributed by atoms with E-state index in [2.05, 4.69) is 57.2 Å². The molecule has 0 spiro atoms. The molecule has 0 atom stereocenters. The van der Waals surface area contributed by atoms with Crippen molar-refractivity contribution in [3.8, 4) is 0 Å². The Morgan fingerprint density at radius 2 is 1.25 bits per heavy atom. The van der Waals surface area contributed by atoms with Crippen molar-refractivity contribution >= 4 is 23.4 Å². The number of halogens is 1. The van der Waals surface area contributed by atoms with E-state index in [1.54, 1.807) is 0 Å². The SMILES string of the molecule is C=C1C=C(C)COC1.C=C1C=C(C)CSC1.C=C1COCC(C)=C1Cl.C=C1COCC(C)=C1N(C)C. The fourth-order valence-electron chi connectivity index (χ4n) is 3.77. The van der Waals surface area contributed by atoms with Gasteiger partial charge in [-0.25, -0.2) is 0 Å². The van der Waals surface area contributed by atoms with Crippen LogP contribution in [0.2, 0.25) is 0 Å². The van der Waals surface area contributed by atoms with Crippen LogP contribution in [0.4, 0.5) is 0 Å². The van der Waals surface area contributed by atoms with Crippen molar-refractivity contribution in [2.45, 2.75) is 27.7 Å². The van der Waals surface area contributed by atoms with E-state index in [-0.39, 0.29) is 0 Å². The highest BCUT2D eigenvalue weighted by Crippen LogP contribution is 2.22. The van der Waals surface area contributed by atoms with Crippen LogP contribution in [0.25, 0.3) is 0 Å². The third-order valence-electron chi connectivity index (χ3n) is 5.20. The first-order chi connectivity index (χ1) is 16.9. The highest BCUT2D eigenvalue weighted by molar-refractivity contribution is 7.99. The summed E-state index contributed by atoms with van der Waals surface area (Å²) in [5.74, 6) is 2.32. The van der Waals surface area contributed by atoms with Gasteiger partial charge in [0.05, 0.1) is 39.6 Å². The first kappa shape index (κ1) is 32.3. The molecule has 36 heavy (non-hydrogen) atoms. The molecule has 0 aromatic rings. The molecule has 0 bridgehead atoms. The van der Waals surface area contributed by atoms with Crippen LogP contribution in [0.5, 0.6) is 0 Å². The molecule has 0 unspecified atom stereocenters. The summed E-state index contributed by atoms with van der Waals surface area (Å²) < 4.78 is 15.5. The summed E-state index contributed by atoms with van der Waals surface area (Å²) in [6, 6.07) is 0. The zero-order chi connectivity index (χ0) is 27.3. The Balaban J connectivity index is 0.000000242. The van der Waals surface area contributed by atoms with E-state index in [9.17, 15) is 0 Å². The lowest BCUT2D eigenvalue weighted by Crippen LogP contribution is -2.22. The second-order valence-corrected chi connectivity index (χ2v) is 11.0. The monoisotopic (exact) mass is 533 g/mol. The summed E-state index contributed by atoms with van der Waals surface area (Å²) in [6.45, 7) is 27.7. The predicted octanol–water partition coefficient (Wildman–Crippen LogP) is 7.25. The Bertz CT molecular complexity index is 919. The van der Waals surface area contributed by atoms with Crippen LogP contribution in [0.15, 0.2) is 93.8 Å². The fourth-order valence-corrected chi connectivity index (χ4v) is 4.73. The summed E-state index contributed by atoms with van der Waals surface area (Å²) in [7, 11) is 4.07. The third kappa shape index (κ3) is 12.5. The van der Waals surface area contributed by atoms with Gasteiger partial charge in [-0.05, 0) is 66.7 Å². The van der Waals surface area contributed by atoms with Gasteiger partial charge in [0.25, 0.3) is 0 Å². The van der Waals surface area contributed by atoms with Crippen LogP contribution >= 0.6 is 23.4 Å². The van der Waals surface area contributed by atoms with Gasteiger partial charge in [0.2, 0.25) is 0 Å². The summed E-state index contributed by atoms with van der Waals surface area (Å²) in [5.41, 5.74) is 10.6. The molecule has 0 aliphatic carbocycles. The van der Waals surface area contributed by atoms with Gasteiger partial charge in [0, 0.05) is 36.3 Å². The molecule has 0 saturated heterocycles. The maximum absolute atomic E-state index is 5.82. The number of hydrogen-bond donors (Lipinski definition) is 0. The van der Waals surface area contributed by atoms with Gasteiger partial charge in [-0.2, -0.15) is 11.8 Å². The molecule has 0 saturated carbocycles.